The zero-order valence-corrected chi connectivity index (χ0v) is 10.8. The van der Waals surface area contributed by atoms with Gasteiger partial charge in [0.05, 0.1) is 12.2 Å². The molecule has 0 radical (unpaired) electrons. The summed E-state index contributed by atoms with van der Waals surface area (Å²) in [5, 5.41) is 0. The van der Waals surface area contributed by atoms with Gasteiger partial charge in [0, 0.05) is 25.5 Å². The molecule has 2 N–H and O–H groups in total. The fourth-order valence-corrected chi connectivity index (χ4v) is 2.23. The predicted octanol–water partition coefficient (Wildman–Crippen LogP) is 0.724. The standard InChI is InChI=1S/C11H16N4OS/c1-7-5-15(6-8(2)16-7)11-9(10(12)17)13-3-4-14-11/h3-4,7-8H,5-6H2,1-2H3,(H2,12,17)/t7-,8+. The van der Waals surface area contributed by atoms with Crippen LogP contribution in [0.1, 0.15) is 19.5 Å². The molecule has 1 aliphatic heterocycles. The average molecular weight is 252 g/mol. The minimum Gasteiger partial charge on any atom is -0.388 e. The van der Waals surface area contributed by atoms with Crippen molar-refractivity contribution in [2.45, 2.75) is 26.1 Å². The van der Waals surface area contributed by atoms with Gasteiger partial charge in [-0.25, -0.2) is 9.97 Å². The summed E-state index contributed by atoms with van der Waals surface area (Å²) in [6.45, 7) is 5.64. The van der Waals surface area contributed by atoms with Crippen molar-refractivity contribution in [1.82, 2.24) is 9.97 Å². The smallest absolute Gasteiger partial charge is 0.157 e. The lowest BCUT2D eigenvalue weighted by atomic mass is 10.2. The first-order valence-electron chi connectivity index (χ1n) is 5.59. The molecule has 1 aromatic rings. The van der Waals surface area contributed by atoms with Crippen LogP contribution >= 0.6 is 12.2 Å². The molecule has 0 saturated carbocycles. The van der Waals surface area contributed by atoms with Crippen LogP contribution < -0.4 is 10.6 Å². The van der Waals surface area contributed by atoms with E-state index in [-0.39, 0.29) is 17.2 Å². The number of anilines is 1. The van der Waals surface area contributed by atoms with Crippen molar-refractivity contribution in [3.8, 4) is 0 Å². The SMILES string of the molecule is C[C@@H]1CN(c2nccnc2C(N)=S)C[C@H](C)O1. The maximum Gasteiger partial charge on any atom is 0.157 e. The third-order valence-corrected chi connectivity index (χ3v) is 2.82. The highest BCUT2D eigenvalue weighted by Crippen LogP contribution is 2.20. The number of rotatable bonds is 2. The number of nitrogens with two attached hydrogens (primary N) is 1. The number of hydrogen-bond donors (Lipinski definition) is 1. The third-order valence-electron chi connectivity index (χ3n) is 2.63. The highest BCUT2D eigenvalue weighted by Gasteiger charge is 2.25. The Morgan fingerprint density at radius 1 is 1.35 bits per heavy atom. The van der Waals surface area contributed by atoms with Gasteiger partial charge >= 0.3 is 0 Å². The Bertz CT molecular complexity index is 416. The molecule has 1 aliphatic rings. The van der Waals surface area contributed by atoms with Gasteiger partial charge in [-0.2, -0.15) is 0 Å². The lowest BCUT2D eigenvalue weighted by molar-refractivity contribution is -0.00548. The van der Waals surface area contributed by atoms with Crippen LogP contribution in [0.3, 0.4) is 0 Å². The molecule has 1 aromatic heterocycles. The first kappa shape index (κ1) is 12.2. The van der Waals surface area contributed by atoms with Gasteiger partial charge in [0.25, 0.3) is 0 Å². The van der Waals surface area contributed by atoms with Gasteiger partial charge in [-0.15, -0.1) is 0 Å². The monoisotopic (exact) mass is 252 g/mol. The molecule has 1 fully saturated rings. The second kappa shape index (κ2) is 4.93. The lowest BCUT2D eigenvalue weighted by Crippen LogP contribution is -2.46. The fraction of sp³-hybridized carbons (Fsp3) is 0.545. The maximum absolute atomic E-state index is 5.68. The fourth-order valence-electron chi connectivity index (χ4n) is 2.09. The topological polar surface area (TPSA) is 64.3 Å². The minimum absolute atomic E-state index is 0.167. The van der Waals surface area contributed by atoms with E-state index in [0.717, 1.165) is 18.9 Å². The Labute approximate surface area is 106 Å². The number of morpholine rings is 1. The molecule has 2 heterocycles. The van der Waals surface area contributed by atoms with E-state index < -0.39 is 0 Å². The summed E-state index contributed by atoms with van der Waals surface area (Å²) in [5.41, 5.74) is 6.25. The zero-order valence-electron chi connectivity index (χ0n) is 9.96. The van der Waals surface area contributed by atoms with Gasteiger partial charge in [0.1, 0.15) is 10.7 Å². The van der Waals surface area contributed by atoms with Crippen LogP contribution in [0.2, 0.25) is 0 Å². The van der Waals surface area contributed by atoms with Crippen LogP contribution in [0.5, 0.6) is 0 Å². The maximum atomic E-state index is 5.68. The number of thiocarbonyl (C=S) groups is 1. The van der Waals surface area contributed by atoms with Crippen LogP contribution in [0.25, 0.3) is 0 Å². The van der Waals surface area contributed by atoms with Crippen LogP contribution in [-0.4, -0.2) is 40.3 Å². The van der Waals surface area contributed by atoms with Crippen LogP contribution in [-0.2, 0) is 4.74 Å². The molecule has 2 atom stereocenters. The average Bonchev–Trinajstić information content (AvgIpc) is 2.27. The second-order valence-corrected chi connectivity index (χ2v) is 4.69. The summed E-state index contributed by atoms with van der Waals surface area (Å²) in [6, 6.07) is 0. The van der Waals surface area contributed by atoms with Crippen LogP contribution in [0.15, 0.2) is 12.4 Å². The summed E-state index contributed by atoms with van der Waals surface area (Å²) in [6.07, 6.45) is 3.59. The van der Waals surface area contributed by atoms with Crippen LogP contribution in [0, 0.1) is 0 Å². The molecule has 0 spiro atoms. The van der Waals surface area contributed by atoms with Gasteiger partial charge in [-0.3, -0.25) is 0 Å². The lowest BCUT2D eigenvalue weighted by Gasteiger charge is -2.36. The Morgan fingerprint density at radius 2 is 1.94 bits per heavy atom. The number of aromatic nitrogens is 2. The molecule has 1 saturated heterocycles. The van der Waals surface area contributed by atoms with Crippen molar-refractivity contribution in [1.29, 1.82) is 0 Å². The van der Waals surface area contributed by atoms with E-state index in [1.165, 1.54) is 0 Å². The summed E-state index contributed by atoms with van der Waals surface area (Å²) < 4.78 is 5.68. The predicted molar refractivity (Wildman–Crippen MR) is 70.1 cm³/mol. The molecule has 92 valence electrons. The highest BCUT2D eigenvalue weighted by atomic mass is 32.1. The van der Waals surface area contributed by atoms with Crippen molar-refractivity contribution >= 4 is 23.0 Å². The van der Waals surface area contributed by atoms with E-state index in [9.17, 15) is 0 Å². The van der Waals surface area contributed by atoms with Crippen molar-refractivity contribution in [3.63, 3.8) is 0 Å². The van der Waals surface area contributed by atoms with Crippen molar-refractivity contribution in [2.75, 3.05) is 18.0 Å². The van der Waals surface area contributed by atoms with Crippen molar-refractivity contribution in [3.05, 3.63) is 18.1 Å². The highest BCUT2D eigenvalue weighted by molar-refractivity contribution is 7.80. The number of hydrogen-bond acceptors (Lipinski definition) is 5. The second-order valence-electron chi connectivity index (χ2n) is 4.26. The molecule has 2 rings (SSSR count). The molecule has 0 aromatic carbocycles. The quantitative estimate of drug-likeness (QED) is 0.783. The first-order valence-corrected chi connectivity index (χ1v) is 6.00. The van der Waals surface area contributed by atoms with Gasteiger partial charge in [0.2, 0.25) is 0 Å². The zero-order chi connectivity index (χ0) is 12.4. The Balaban J connectivity index is 2.30. The molecular formula is C11H16N4OS. The van der Waals surface area contributed by atoms with Gasteiger partial charge in [0.15, 0.2) is 5.82 Å². The van der Waals surface area contributed by atoms with E-state index in [4.69, 9.17) is 22.7 Å². The van der Waals surface area contributed by atoms with Gasteiger partial charge in [-0.05, 0) is 13.8 Å². The normalized spacial score (nSPS) is 24.7. The molecule has 0 aliphatic carbocycles. The number of nitrogens with zero attached hydrogens (tertiary/aromatic N) is 3. The molecule has 0 unspecified atom stereocenters. The Hall–Kier alpha value is -1.27. The largest absolute Gasteiger partial charge is 0.388 e. The summed E-state index contributed by atoms with van der Waals surface area (Å²) in [7, 11) is 0. The van der Waals surface area contributed by atoms with Crippen molar-refractivity contribution < 1.29 is 4.74 Å². The molecule has 0 amide bonds. The molecule has 0 bridgehead atoms. The van der Waals surface area contributed by atoms with Crippen LogP contribution in [0.4, 0.5) is 5.82 Å². The van der Waals surface area contributed by atoms with E-state index >= 15 is 0 Å². The Kier molecular flexibility index (Phi) is 3.54. The Morgan fingerprint density at radius 3 is 2.53 bits per heavy atom. The summed E-state index contributed by atoms with van der Waals surface area (Å²) in [4.78, 5) is 10.9. The molecule has 5 nitrogen and oxygen atoms in total. The third kappa shape index (κ3) is 2.70. The van der Waals surface area contributed by atoms with E-state index in [1.807, 2.05) is 13.8 Å². The van der Waals surface area contributed by atoms with Crippen molar-refractivity contribution in [2.24, 2.45) is 5.73 Å². The molecule has 17 heavy (non-hydrogen) atoms. The summed E-state index contributed by atoms with van der Waals surface area (Å²) in [5.74, 6) is 0.752. The van der Waals surface area contributed by atoms with E-state index in [0.29, 0.717) is 5.69 Å². The van der Waals surface area contributed by atoms with E-state index in [1.54, 1.807) is 12.4 Å². The minimum atomic E-state index is 0.167. The number of ether oxygens (including phenoxy) is 1. The summed E-state index contributed by atoms with van der Waals surface area (Å²) >= 11 is 5.00. The first-order chi connectivity index (χ1) is 8.08. The van der Waals surface area contributed by atoms with E-state index in [2.05, 4.69) is 14.9 Å². The molecular weight excluding hydrogens is 236 g/mol. The van der Waals surface area contributed by atoms with Gasteiger partial charge < -0.3 is 15.4 Å². The van der Waals surface area contributed by atoms with Gasteiger partial charge in [-0.1, -0.05) is 12.2 Å². The molecule has 6 heteroatoms.